The summed E-state index contributed by atoms with van der Waals surface area (Å²) in [7, 11) is -3.62. The van der Waals surface area contributed by atoms with Gasteiger partial charge in [-0.2, -0.15) is 0 Å². The first-order valence-corrected chi connectivity index (χ1v) is 9.79. The van der Waals surface area contributed by atoms with E-state index in [0.717, 1.165) is 0 Å². The van der Waals surface area contributed by atoms with Crippen LogP contribution in [0.25, 0.3) is 5.82 Å². The Morgan fingerprint density at radius 2 is 1.81 bits per heavy atom. The number of hydrogen-bond acceptors (Lipinski definition) is 5. The fraction of sp³-hybridized carbons (Fsp3) is 0.176. The SMILES string of the molecule is Cc1c(Cl)cccc1S(=O)(=O)NCCNc1ccc(-n2cccc2)nn1. The van der Waals surface area contributed by atoms with Gasteiger partial charge in [-0.25, -0.2) is 13.1 Å². The molecule has 26 heavy (non-hydrogen) atoms. The Kier molecular flexibility index (Phi) is 5.55. The minimum Gasteiger partial charge on any atom is -0.367 e. The largest absolute Gasteiger partial charge is 0.367 e. The highest BCUT2D eigenvalue weighted by molar-refractivity contribution is 7.89. The molecule has 136 valence electrons. The third-order valence-corrected chi connectivity index (χ3v) is 5.77. The maximum atomic E-state index is 12.4. The van der Waals surface area contributed by atoms with Gasteiger partial charge in [0.2, 0.25) is 10.0 Å². The molecule has 3 aromatic rings. The van der Waals surface area contributed by atoms with Crippen LogP contribution in [0, 0.1) is 6.92 Å². The molecule has 2 aromatic heterocycles. The lowest BCUT2D eigenvalue weighted by atomic mass is 10.2. The van der Waals surface area contributed by atoms with Crippen LogP contribution in [0.5, 0.6) is 0 Å². The smallest absolute Gasteiger partial charge is 0.240 e. The molecule has 0 aliphatic heterocycles. The van der Waals surface area contributed by atoms with Crippen LogP contribution >= 0.6 is 11.6 Å². The molecule has 0 amide bonds. The summed E-state index contributed by atoms with van der Waals surface area (Å²) in [5, 5.41) is 11.6. The van der Waals surface area contributed by atoms with Crippen molar-refractivity contribution in [2.75, 3.05) is 18.4 Å². The van der Waals surface area contributed by atoms with Crippen LogP contribution in [0.3, 0.4) is 0 Å². The average Bonchev–Trinajstić information content (AvgIpc) is 3.16. The molecule has 2 N–H and O–H groups in total. The van der Waals surface area contributed by atoms with Gasteiger partial charge in [0.05, 0.1) is 4.90 Å². The topological polar surface area (TPSA) is 88.9 Å². The first kappa shape index (κ1) is 18.4. The Balaban J connectivity index is 1.54. The van der Waals surface area contributed by atoms with Crippen molar-refractivity contribution in [3.63, 3.8) is 0 Å². The molecule has 0 saturated heterocycles. The maximum absolute atomic E-state index is 12.4. The Labute approximate surface area is 157 Å². The summed E-state index contributed by atoms with van der Waals surface area (Å²) in [5.41, 5.74) is 0.529. The van der Waals surface area contributed by atoms with Crippen molar-refractivity contribution in [3.8, 4) is 5.82 Å². The van der Waals surface area contributed by atoms with Gasteiger partial charge in [-0.15, -0.1) is 10.2 Å². The van der Waals surface area contributed by atoms with Gasteiger partial charge in [-0.05, 0) is 48.9 Å². The molecule has 1 aromatic carbocycles. The monoisotopic (exact) mass is 391 g/mol. The molecule has 0 aliphatic rings. The highest BCUT2D eigenvalue weighted by Crippen LogP contribution is 2.22. The van der Waals surface area contributed by atoms with Gasteiger partial charge in [-0.3, -0.25) is 0 Å². The molecule has 0 spiro atoms. The molecule has 0 atom stereocenters. The minimum absolute atomic E-state index is 0.181. The lowest BCUT2D eigenvalue weighted by Crippen LogP contribution is -2.29. The first-order valence-electron chi connectivity index (χ1n) is 7.93. The molecule has 7 nitrogen and oxygen atoms in total. The van der Waals surface area contributed by atoms with Crippen LogP contribution in [0.2, 0.25) is 5.02 Å². The number of anilines is 1. The van der Waals surface area contributed by atoms with Crippen LogP contribution in [0.4, 0.5) is 5.82 Å². The van der Waals surface area contributed by atoms with Gasteiger partial charge < -0.3 is 9.88 Å². The zero-order valence-electron chi connectivity index (χ0n) is 14.1. The summed E-state index contributed by atoms with van der Waals surface area (Å²) in [6.07, 6.45) is 3.76. The van der Waals surface area contributed by atoms with E-state index < -0.39 is 10.0 Å². The summed E-state index contributed by atoms with van der Waals surface area (Å²) < 4.78 is 29.1. The summed E-state index contributed by atoms with van der Waals surface area (Å²) in [4.78, 5) is 0.181. The van der Waals surface area contributed by atoms with Gasteiger partial charge in [0, 0.05) is 30.5 Å². The number of nitrogens with one attached hydrogen (secondary N) is 2. The number of halogens is 1. The predicted molar refractivity (Wildman–Crippen MR) is 101 cm³/mol. The highest BCUT2D eigenvalue weighted by atomic mass is 35.5. The second-order valence-electron chi connectivity index (χ2n) is 5.55. The molecular weight excluding hydrogens is 374 g/mol. The fourth-order valence-corrected chi connectivity index (χ4v) is 3.90. The number of sulfonamides is 1. The molecule has 9 heteroatoms. The van der Waals surface area contributed by atoms with Gasteiger partial charge in [-0.1, -0.05) is 17.7 Å². The zero-order chi connectivity index (χ0) is 18.6. The van der Waals surface area contributed by atoms with E-state index in [9.17, 15) is 8.42 Å². The van der Waals surface area contributed by atoms with E-state index in [1.807, 2.05) is 35.2 Å². The first-order chi connectivity index (χ1) is 12.5. The summed E-state index contributed by atoms with van der Waals surface area (Å²) >= 11 is 5.99. The minimum atomic E-state index is -3.62. The third kappa shape index (κ3) is 4.21. The highest BCUT2D eigenvalue weighted by Gasteiger charge is 2.17. The molecule has 3 rings (SSSR count). The fourth-order valence-electron chi connectivity index (χ4n) is 2.38. The molecule has 2 heterocycles. The number of rotatable bonds is 7. The number of nitrogens with zero attached hydrogens (tertiary/aromatic N) is 3. The summed E-state index contributed by atoms with van der Waals surface area (Å²) in [5.74, 6) is 1.27. The Hall–Kier alpha value is -2.42. The Bertz CT molecular complexity index is 973. The van der Waals surface area contributed by atoms with Crippen molar-refractivity contribution in [3.05, 3.63) is 65.4 Å². The zero-order valence-corrected chi connectivity index (χ0v) is 15.6. The van der Waals surface area contributed by atoms with Gasteiger partial charge in [0.15, 0.2) is 5.82 Å². The van der Waals surface area contributed by atoms with Crippen molar-refractivity contribution in [1.82, 2.24) is 19.5 Å². The standard InChI is InChI=1S/C17H18ClN5O2S/c1-13-14(18)5-4-6-15(13)26(24,25)20-10-9-19-16-7-8-17(22-21-16)23-11-2-3-12-23/h2-8,11-12,20H,9-10H2,1H3,(H,19,21). The lowest BCUT2D eigenvalue weighted by Gasteiger charge is -2.11. The van der Waals surface area contributed by atoms with Gasteiger partial charge >= 0.3 is 0 Å². The Morgan fingerprint density at radius 3 is 2.50 bits per heavy atom. The van der Waals surface area contributed by atoms with Gasteiger partial charge in [0.1, 0.15) is 5.82 Å². The summed E-state index contributed by atoms with van der Waals surface area (Å²) in [6.45, 7) is 2.25. The Morgan fingerprint density at radius 1 is 1.04 bits per heavy atom. The molecule has 0 fully saturated rings. The van der Waals surface area contributed by atoms with Crippen LogP contribution in [0.1, 0.15) is 5.56 Å². The molecule has 0 saturated carbocycles. The second kappa shape index (κ2) is 7.86. The van der Waals surface area contributed by atoms with Crippen LogP contribution in [-0.2, 0) is 10.0 Å². The third-order valence-electron chi connectivity index (χ3n) is 3.75. The van der Waals surface area contributed by atoms with E-state index in [0.29, 0.717) is 28.8 Å². The quantitative estimate of drug-likeness (QED) is 0.604. The van der Waals surface area contributed by atoms with E-state index in [-0.39, 0.29) is 11.4 Å². The van der Waals surface area contributed by atoms with Crippen molar-refractivity contribution in [2.24, 2.45) is 0 Å². The van der Waals surface area contributed by atoms with Gasteiger partial charge in [0.25, 0.3) is 0 Å². The van der Waals surface area contributed by atoms with Crippen LogP contribution in [0.15, 0.2) is 59.8 Å². The van der Waals surface area contributed by atoms with Crippen molar-refractivity contribution in [1.29, 1.82) is 0 Å². The summed E-state index contributed by atoms with van der Waals surface area (Å²) in [6, 6.07) is 12.2. The molecule has 0 unspecified atom stereocenters. The molecular formula is C17H18ClN5O2S. The number of aromatic nitrogens is 3. The molecule has 0 aliphatic carbocycles. The van der Waals surface area contributed by atoms with Crippen molar-refractivity contribution < 1.29 is 8.42 Å². The van der Waals surface area contributed by atoms with E-state index in [4.69, 9.17) is 11.6 Å². The van der Waals surface area contributed by atoms with E-state index in [1.54, 1.807) is 25.1 Å². The maximum Gasteiger partial charge on any atom is 0.240 e. The second-order valence-corrected chi connectivity index (χ2v) is 7.70. The lowest BCUT2D eigenvalue weighted by molar-refractivity contribution is 0.582. The van der Waals surface area contributed by atoms with Crippen molar-refractivity contribution >= 4 is 27.4 Å². The van der Waals surface area contributed by atoms with Crippen LogP contribution in [-0.4, -0.2) is 36.3 Å². The normalized spacial score (nSPS) is 11.5. The van der Waals surface area contributed by atoms with Crippen molar-refractivity contribution in [2.45, 2.75) is 11.8 Å². The van der Waals surface area contributed by atoms with E-state index in [2.05, 4.69) is 20.2 Å². The average molecular weight is 392 g/mol. The van der Waals surface area contributed by atoms with E-state index >= 15 is 0 Å². The molecule has 0 bridgehead atoms. The van der Waals surface area contributed by atoms with E-state index in [1.165, 1.54) is 6.07 Å². The predicted octanol–water partition coefficient (Wildman–Crippen LogP) is 2.62. The number of hydrogen-bond donors (Lipinski definition) is 2. The van der Waals surface area contributed by atoms with Crippen LogP contribution < -0.4 is 10.0 Å². The molecule has 0 radical (unpaired) electrons. The number of benzene rings is 1.